The summed E-state index contributed by atoms with van der Waals surface area (Å²) < 4.78 is 5.43. The SMILES string of the molecule is CCCCCCCCCCCCCOC(=O)c1c(O)cc(O)cc1CCc1ccc(O)cc1. The number of ether oxygens (including phenoxy) is 1. The summed E-state index contributed by atoms with van der Waals surface area (Å²) in [5.41, 5.74) is 1.65. The Labute approximate surface area is 198 Å². The van der Waals surface area contributed by atoms with Gasteiger partial charge in [-0.15, -0.1) is 0 Å². The third-order valence-corrected chi connectivity index (χ3v) is 5.99. The number of benzene rings is 2. The van der Waals surface area contributed by atoms with Crippen molar-refractivity contribution in [2.45, 2.75) is 90.4 Å². The Kier molecular flexibility index (Phi) is 12.2. The molecule has 0 aliphatic heterocycles. The molecule has 3 N–H and O–H groups in total. The molecule has 5 heteroatoms. The lowest BCUT2D eigenvalue weighted by Crippen LogP contribution is -2.10. The summed E-state index contributed by atoms with van der Waals surface area (Å²) in [5.74, 6) is -0.713. The fourth-order valence-corrected chi connectivity index (χ4v) is 4.05. The second kappa shape index (κ2) is 15.2. The number of aromatic hydroxyl groups is 3. The highest BCUT2D eigenvalue weighted by Gasteiger charge is 2.19. The van der Waals surface area contributed by atoms with E-state index in [2.05, 4.69) is 6.92 Å². The van der Waals surface area contributed by atoms with E-state index in [9.17, 15) is 20.1 Å². The summed E-state index contributed by atoms with van der Waals surface area (Å²) in [7, 11) is 0. The van der Waals surface area contributed by atoms with E-state index < -0.39 is 5.97 Å². The first-order chi connectivity index (χ1) is 16.0. The van der Waals surface area contributed by atoms with Crippen LogP contribution in [0.4, 0.5) is 0 Å². The maximum atomic E-state index is 12.6. The van der Waals surface area contributed by atoms with Crippen molar-refractivity contribution in [1.29, 1.82) is 0 Å². The fourth-order valence-electron chi connectivity index (χ4n) is 4.05. The van der Waals surface area contributed by atoms with Crippen molar-refractivity contribution >= 4 is 5.97 Å². The van der Waals surface area contributed by atoms with Crippen LogP contribution in [0.1, 0.15) is 99.0 Å². The molecule has 0 aromatic heterocycles. The van der Waals surface area contributed by atoms with Gasteiger partial charge in [-0.05, 0) is 48.6 Å². The fraction of sp³-hybridized carbons (Fsp3) is 0.536. The Hall–Kier alpha value is -2.69. The van der Waals surface area contributed by atoms with Gasteiger partial charge >= 0.3 is 5.97 Å². The van der Waals surface area contributed by atoms with E-state index in [4.69, 9.17) is 4.74 Å². The van der Waals surface area contributed by atoms with Crippen molar-refractivity contribution < 1.29 is 24.9 Å². The van der Waals surface area contributed by atoms with Crippen LogP contribution in [0.25, 0.3) is 0 Å². The van der Waals surface area contributed by atoms with Crippen molar-refractivity contribution in [3.63, 3.8) is 0 Å². The first kappa shape index (κ1) is 26.6. The number of unbranched alkanes of at least 4 members (excludes halogenated alkanes) is 10. The summed E-state index contributed by atoms with van der Waals surface area (Å²) in [5, 5.41) is 29.6. The number of rotatable bonds is 16. The number of carbonyl (C=O) groups excluding carboxylic acids is 1. The maximum Gasteiger partial charge on any atom is 0.342 e. The minimum absolute atomic E-state index is 0.0879. The van der Waals surface area contributed by atoms with Crippen LogP contribution < -0.4 is 0 Å². The first-order valence-electron chi connectivity index (χ1n) is 12.5. The van der Waals surface area contributed by atoms with Gasteiger partial charge in [0, 0.05) is 6.07 Å². The van der Waals surface area contributed by atoms with E-state index in [1.807, 2.05) is 12.1 Å². The molecule has 0 spiro atoms. The van der Waals surface area contributed by atoms with Crippen LogP contribution in [0.15, 0.2) is 36.4 Å². The van der Waals surface area contributed by atoms with Crippen LogP contribution in [0.2, 0.25) is 0 Å². The zero-order valence-electron chi connectivity index (χ0n) is 20.0. The number of hydrogen-bond acceptors (Lipinski definition) is 5. The van der Waals surface area contributed by atoms with Crippen LogP contribution in [0.3, 0.4) is 0 Å². The van der Waals surface area contributed by atoms with E-state index in [0.29, 0.717) is 25.0 Å². The van der Waals surface area contributed by atoms with Gasteiger partial charge in [-0.1, -0.05) is 83.3 Å². The summed E-state index contributed by atoms with van der Waals surface area (Å²) in [6.45, 7) is 2.57. The Bertz CT molecular complexity index is 829. The van der Waals surface area contributed by atoms with Gasteiger partial charge in [0.1, 0.15) is 22.8 Å². The Morgan fingerprint density at radius 3 is 1.91 bits per heavy atom. The van der Waals surface area contributed by atoms with Gasteiger partial charge in [-0.2, -0.15) is 0 Å². The van der Waals surface area contributed by atoms with E-state index in [0.717, 1.165) is 24.8 Å². The zero-order valence-corrected chi connectivity index (χ0v) is 20.0. The quantitative estimate of drug-likeness (QED) is 0.186. The third kappa shape index (κ3) is 10.2. The van der Waals surface area contributed by atoms with E-state index in [-0.39, 0.29) is 22.8 Å². The van der Waals surface area contributed by atoms with Crippen LogP contribution in [-0.2, 0) is 17.6 Å². The Morgan fingerprint density at radius 2 is 1.30 bits per heavy atom. The van der Waals surface area contributed by atoms with E-state index >= 15 is 0 Å². The first-order valence-corrected chi connectivity index (χ1v) is 12.5. The van der Waals surface area contributed by atoms with E-state index in [1.165, 1.54) is 63.5 Å². The molecule has 0 aliphatic carbocycles. The molecule has 0 amide bonds. The van der Waals surface area contributed by atoms with Crippen molar-refractivity contribution in [2.24, 2.45) is 0 Å². The van der Waals surface area contributed by atoms with Crippen LogP contribution in [-0.4, -0.2) is 27.9 Å². The molecular formula is C28H40O5. The number of esters is 1. The van der Waals surface area contributed by atoms with Crippen LogP contribution >= 0.6 is 0 Å². The minimum Gasteiger partial charge on any atom is -0.508 e. The summed E-state index contributed by atoms with van der Waals surface area (Å²) in [6, 6.07) is 9.50. The lowest BCUT2D eigenvalue weighted by atomic mass is 9.98. The van der Waals surface area contributed by atoms with Gasteiger partial charge < -0.3 is 20.1 Å². The normalized spacial score (nSPS) is 10.9. The van der Waals surface area contributed by atoms with Gasteiger partial charge in [0.15, 0.2) is 0 Å². The van der Waals surface area contributed by atoms with Gasteiger partial charge in [0.25, 0.3) is 0 Å². The van der Waals surface area contributed by atoms with Gasteiger partial charge in [-0.25, -0.2) is 4.79 Å². The largest absolute Gasteiger partial charge is 0.508 e. The second-order valence-electron chi connectivity index (χ2n) is 8.84. The maximum absolute atomic E-state index is 12.6. The lowest BCUT2D eigenvalue weighted by molar-refractivity contribution is 0.0493. The molecule has 5 nitrogen and oxygen atoms in total. The smallest absolute Gasteiger partial charge is 0.342 e. The molecule has 0 radical (unpaired) electrons. The van der Waals surface area contributed by atoms with Crippen molar-refractivity contribution in [2.75, 3.05) is 6.61 Å². The van der Waals surface area contributed by atoms with Crippen LogP contribution in [0.5, 0.6) is 17.2 Å². The molecular weight excluding hydrogens is 416 g/mol. The molecule has 0 fully saturated rings. The monoisotopic (exact) mass is 456 g/mol. The zero-order chi connectivity index (χ0) is 23.9. The average Bonchev–Trinajstić information content (AvgIpc) is 2.79. The molecule has 2 rings (SSSR count). The van der Waals surface area contributed by atoms with Gasteiger partial charge in [-0.3, -0.25) is 0 Å². The lowest BCUT2D eigenvalue weighted by Gasteiger charge is -2.12. The summed E-state index contributed by atoms with van der Waals surface area (Å²) in [4.78, 5) is 12.6. The summed E-state index contributed by atoms with van der Waals surface area (Å²) in [6.07, 6.45) is 14.5. The predicted molar refractivity (Wildman–Crippen MR) is 132 cm³/mol. The molecule has 0 aliphatic rings. The highest BCUT2D eigenvalue weighted by molar-refractivity contribution is 5.94. The second-order valence-corrected chi connectivity index (χ2v) is 8.84. The number of phenols is 3. The number of carbonyl (C=O) groups is 1. The predicted octanol–water partition coefficient (Wildman–Crippen LogP) is 7.06. The molecule has 33 heavy (non-hydrogen) atoms. The molecule has 182 valence electrons. The molecule has 2 aromatic carbocycles. The molecule has 0 atom stereocenters. The topological polar surface area (TPSA) is 87.0 Å². The summed E-state index contributed by atoms with van der Waals surface area (Å²) >= 11 is 0. The molecule has 0 bridgehead atoms. The number of phenolic OH excluding ortho intramolecular Hbond substituents is 3. The Balaban J connectivity index is 1.72. The molecule has 0 heterocycles. The van der Waals surface area contributed by atoms with Crippen LogP contribution in [0, 0.1) is 0 Å². The highest BCUT2D eigenvalue weighted by Crippen LogP contribution is 2.29. The minimum atomic E-state index is -0.555. The standard InChI is InChI=1S/C28H40O5/c1-2-3-4-5-6-7-8-9-10-11-12-19-33-28(32)27-23(20-25(30)21-26(27)31)16-13-22-14-17-24(29)18-15-22/h14-15,17-18,20-21,29-31H,2-13,16,19H2,1H3. The van der Waals surface area contributed by atoms with Crippen molar-refractivity contribution in [1.82, 2.24) is 0 Å². The van der Waals surface area contributed by atoms with Gasteiger partial charge in [0.2, 0.25) is 0 Å². The van der Waals surface area contributed by atoms with E-state index in [1.54, 1.807) is 12.1 Å². The molecule has 0 saturated carbocycles. The molecule has 0 unspecified atom stereocenters. The van der Waals surface area contributed by atoms with Crippen molar-refractivity contribution in [3.05, 3.63) is 53.1 Å². The molecule has 0 saturated heterocycles. The molecule has 2 aromatic rings. The highest BCUT2D eigenvalue weighted by atomic mass is 16.5. The third-order valence-electron chi connectivity index (χ3n) is 5.99. The number of aryl methyl sites for hydroxylation is 2. The Morgan fingerprint density at radius 1 is 0.727 bits per heavy atom. The van der Waals surface area contributed by atoms with Gasteiger partial charge in [0.05, 0.1) is 6.61 Å². The average molecular weight is 457 g/mol. The number of hydrogen-bond donors (Lipinski definition) is 3. The van der Waals surface area contributed by atoms with Crippen molar-refractivity contribution in [3.8, 4) is 17.2 Å².